The lowest BCUT2D eigenvalue weighted by Gasteiger charge is -2.26. The highest BCUT2D eigenvalue weighted by Crippen LogP contribution is 2.43. The van der Waals surface area contributed by atoms with Gasteiger partial charge in [0, 0.05) is 29.8 Å². The number of nitrogens with one attached hydrogen (secondary N) is 1. The Kier molecular flexibility index (Phi) is 4.74. The van der Waals surface area contributed by atoms with E-state index in [4.69, 9.17) is 0 Å². The van der Waals surface area contributed by atoms with Gasteiger partial charge in [-0.2, -0.15) is 5.10 Å². The van der Waals surface area contributed by atoms with Crippen molar-refractivity contribution < 1.29 is 14.1 Å². The third-order valence-corrected chi connectivity index (χ3v) is 5.60. The summed E-state index contributed by atoms with van der Waals surface area (Å²) in [6.07, 6.45) is 0. The van der Waals surface area contributed by atoms with Crippen LogP contribution in [0.15, 0.2) is 78.9 Å². The van der Waals surface area contributed by atoms with E-state index in [0.717, 1.165) is 22.3 Å². The van der Waals surface area contributed by atoms with E-state index >= 15 is 0 Å². The molecule has 0 saturated carbocycles. The van der Waals surface area contributed by atoms with Crippen molar-refractivity contribution in [2.24, 2.45) is 0 Å². The molecule has 4 aromatic rings. The number of hydrogen-bond acceptors (Lipinski definition) is 4. The van der Waals surface area contributed by atoms with E-state index in [1.807, 2.05) is 30.3 Å². The molecule has 1 aliphatic rings. The Morgan fingerprint density at radius 3 is 2.34 bits per heavy atom. The standard InChI is InChI=1S/C24H17FN4O3/c25-18-10-6-15(7-11-18)14-28-23(17-8-12-19(13-9-17)29(31)32)20-21(16-4-2-1-3-5-16)26-27-22(20)24(28)30/h1-13,23H,14H2,(H,26,27). The van der Waals surface area contributed by atoms with Crippen molar-refractivity contribution >= 4 is 11.6 Å². The highest BCUT2D eigenvalue weighted by molar-refractivity contribution is 6.00. The third kappa shape index (κ3) is 3.31. The molecule has 0 spiro atoms. The van der Waals surface area contributed by atoms with Crippen LogP contribution in [-0.2, 0) is 6.54 Å². The normalized spacial score (nSPS) is 15.1. The van der Waals surface area contributed by atoms with Gasteiger partial charge in [0.2, 0.25) is 0 Å². The lowest BCUT2D eigenvalue weighted by atomic mass is 9.95. The van der Waals surface area contributed by atoms with E-state index in [-0.39, 0.29) is 24.0 Å². The summed E-state index contributed by atoms with van der Waals surface area (Å²) in [6, 6.07) is 21.2. The summed E-state index contributed by atoms with van der Waals surface area (Å²) in [5.41, 5.74) is 4.08. The van der Waals surface area contributed by atoms with Crippen molar-refractivity contribution in [2.45, 2.75) is 12.6 Å². The number of amides is 1. The topological polar surface area (TPSA) is 92.1 Å². The minimum Gasteiger partial charge on any atom is -0.322 e. The Bertz CT molecular complexity index is 1300. The molecule has 2 heterocycles. The molecule has 1 aliphatic heterocycles. The first-order chi connectivity index (χ1) is 15.5. The van der Waals surface area contributed by atoms with Gasteiger partial charge in [0.1, 0.15) is 11.5 Å². The molecule has 5 rings (SSSR count). The first-order valence-electron chi connectivity index (χ1n) is 9.96. The number of aromatic nitrogens is 2. The fourth-order valence-electron chi connectivity index (χ4n) is 4.09. The van der Waals surface area contributed by atoms with Crippen LogP contribution in [0.4, 0.5) is 10.1 Å². The number of carbonyl (C=O) groups excluding carboxylic acids is 1. The summed E-state index contributed by atoms with van der Waals surface area (Å²) in [7, 11) is 0. The zero-order valence-corrected chi connectivity index (χ0v) is 16.7. The number of nitro benzene ring substituents is 1. The lowest BCUT2D eigenvalue weighted by Crippen LogP contribution is -2.29. The number of nitrogens with zero attached hydrogens (tertiary/aromatic N) is 3. The number of benzene rings is 3. The van der Waals surface area contributed by atoms with E-state index < -0.39 is 11.0 Å². The fourth-order valence-corrected chi connectivity index (χ4v) is 4.09. The van der Waals surface area contributed by atoms with Crippen LogP contribution in [0, 0.1) is 15.9 Å². The first kappa shape index (κ1) is 19.6. The van der Waals surface area contributed by atoms with Crippen LogP contribution in [0.5, 0.6) is 0 Å². The molecule has 0 fully saturated rings. The van der Waals surface area contributed by atoms with Gasteiger partial charge in [0.25, 0.3) is 11.6 Å². The van der Waals surface area contributed by atoms with E-state index in [1.54, 1.807) is 29.2 Å². The summed E-state index contributed by atoms with van der Waals surface area (Å²) in [6.45, 7) is 0.248. The van der Waals surface area contributed by atoms with Crippen molar-refractivity contribution in [2.75, 3.05) is 0 Å². The van der Waals surface area contributed by atoms with Gasteiger partial charge >= 0.3 is 0 Å². The number of nitro groups is 1. The Morgan fingerprint density at radius 1 is 1.00 bits per heavy atom. The molecule has 8 heteroatoms. The summed E-state index contributed by atoms with van der Waals surface area (Å²) in [5, 5.41) is 18.4. The second kappa shape index (κ2) is 7.73. The molecule has 1 unspecified atom stereocenters. The zero-order valence-electron chi connectivity index (χ0n) is 16.7. The first-order valence-corrected chi connectivity index (χ1v) is 9.96. The molecule has 0 bridgehead atoms. The maximum atomic E-state index is 13.4. The quantitative estimate of drug-likeness (QED) is 0.363. The Labute approximate surface area is 182 Å². The van der Waals surface area contributed by atoms with Crippen molar-refractivity contribution in [1.29, 1.82) is 0 Å². The minimum atomic E-state index is -0.502. The predicted octanol–water partition coefficient (Wildman–Crippen LogP) is 4.87. The van der Waals surface area contributed by atoms with Crippen molar-refractivity contribution in [1.82, 2.24) is 15.1 Å². The predicted molar refractivity (Wildman–Crippen MR) is 115 cm³/mol. The van der Waals surface area contributed by atoms with Crippen LogP contribution in [0.25, 0.3) is 11.3 Å². The monoisotopic (exact) mass is 428 g/mol. The average Bonchev–Trinajstić information content (AvgIpc) is 3.35. The molecule has 1 amide bonds. The van der Waals surface area contributed by atoms with Crippen LogP contribution >= 0.6 is 0 Å². The van der Waals surface area contributed by atoms with Gasteiger partial charge < -0.3 is 4.90 Å². The van der Waals surface area contributed by atoms with E-state index in [0.29, 0.717) is 11.4 Å². The van der Waals surface area contributed by atoms with Gasteiger partial charge in [0.15, 0.2) is 0 Å². The molecule has 3 aromatic carbocycles. The smallest absolute Gasteiger partial charge is 0.273 e. The summed E-state index contributed by atoms with van der Waals surface area (Å²) in [5.74, 6) is -0.587. The molecule has 32 heavy (non-hydrogen) atoms. The molecule has 0 radical (unpaired) electrons. The van der Waals surface area contributed by atoms with Gasteiger partial charge in [-0.05, 0) is 35.4 Å². The van der Waals surface area contributed by atoms with Gasteiger partial charge in [-0.15, -0.1) is 0 Å². The second-order valence-corrected chi connectivity index (χ2v) is 7.54. The van der Waals surface area contributed by atoms with Crippen LogP contribution in [-0.4, -0.2) is 25.9 Å². The number of halogens is 1. The number of hydrogen-bond donors (Lipinski definition) is 1. The molecule has 0 aliphatic carbocycles. The average molecular weight is 428 g/mol. The Hall–Kier alpha value is -4.33. The molecule has 7 nitrogen and oxygen atoms in total. The molecule has 0 saturated heterocycles. The minimum absolute atomic E-state index is 0.0288. The lowest BCUT2D eigenvalue weighted by molar-refractivity contribution is -0.384. The SMILES string of the molecule is O=C1c2[nH]nc(-c3ccccc3)c2C(c2ccc([N+](=O)[O-])cc2)N1Cc1ccc(F)cc1. The molecule has 1 atom stereocenters. The van der Waals surface area contributed by atoms with Gasteiger partial charge in [-0.25, -0.2) is 4.39 Å². The number of fused-ring (bicyclic) bond motifs is 1. The summed E-state index contributed by atoms with van der Waals surface area (Å²) < 4.78 is 13.4. The van der Waals surface area contributed by atoms with E-state index in [9.17, 15) is 19.3 Å². The molecule has 158 valence electrons. The van der Waals surface area contributed by atoms with Crippen LogP contribution in [0.1, 0.15) is 33.2 Å². The van der Waals surface area contributed by atoms with Gasteiger partial charge in [0.05, 0.1) is 16.7 Å². The number of rotatable bonds is 5. The van der Waals surface area contributed by atoms with Crippen LogP contribution in [0.2, 0.25) is 0 Å². The maximum absolute atomic E-state index is 13.4. The van der Waals surface area contributed by atoms with Crippen LogP contribution in [0.3, 0.4) is 0 Å². The second-order valence-electron chi connectivity index (χ2n) is 7.54. The fraction of sp³-hybridized carbons (Fsp3) is 0.0833. The molecule has 1 aromatic heterocycles. The highest BCUT2D eigenvalue weighted by Gasteiger charge is 2.42. The Balaban J connectivity index is 1.63. The summed E-state index contributed by atoms with van der Waals surface area (Å²) in [4.78, 5) is 25.7. The maximum Gasteiger partial charge on any atom is 0.273 e. The van der Waals surface area contributed by atoms with Gasteiger partial charge in [-0.1, -0.05) is 42.5 Å². The number of non-ortho nitro benzene ring substituents is 1. The summed E-state index contributed by atoms with van der Waals surface area (Å²) >= 11 is 0. The van der Waals surface area contributed by atoms with Crippen molar-refractivity contribution in [3.05, 3.63) is 117 Å². The van der Waals surface area contributed by atoms with Crippen molar-refractivity contribution in [3.8, 4) is 11.3 Å². The number of aromatic amines is 1. The molecular formula is C24H17FN4O3. The molecule has 1 N–H and O–H groups in total. The largest absolute Gasteiger partial charge is 0.322 e. The zero-order chi connectivity index (χ0) is 22.2. The number of carbonyl (C=O) groups is 1. The van der Waals surface area contributed by atoms with Gasteiger partial charge in [-0.3, -0.25) is 20.0 Å². The van der Waals surface area contributed by atoms with E-state index in [1.165, 1.54) is 24.3 Å². The third-order valence-electron chi connectivity index (χ3n) is 5.60. The van der Waals surface area contributed by atoms with Crippen molar-refractivity contribution in [3.63, 3.8) is 0 Å². The number of H-pyrrole nitrogens is 1. The molecular weight excluding hydrogens is 411 g/mol. The Morgan fingerprint density at radius 2 is 1.69 bits per heavy atom. The van der Waals surface area contributed by atoms with Crippen LogP contribution < -0.4 is 0 Å². The van der Waals surface area contributed by atoms with E-state index in [2.05, 4.69) is 10.2 Å². The highest BCUT2D eigenvalue weighted by atomic mass is 19.1.